The number of thiophene rings is 1. The third-order valence-electron chi connectivity index (χ3n) is 14.0. The van der Waals surface area contributed by atoms with Crippen molar-refractivity contribution in [2.75, 3.05) is 6.54 Å². The second-order valence-corrected chi connectivity index (χ2v) is 22.0. The van der Waals surface area contributed by atoms with Gasteiger partial charge in [-0.15, -0.1) is 32.9 Å². The van der Waals surface area contributed by atoms with Crippen molar-refractivity contribution in [2.24, 2.45) is 16.8 Å². The van der Waals surface area contributed by atoms with Gasteiger partial charge in [-0.05, 0) is 92.5 Å². The van der Waals surface area contributed by atoms with Crippen molar-refractivity contribution in [2.45, 2.75) is 111 Å². The minimum atomic E-state index is -0.599. The number of likely N-dealkylation sites (tertiary alicyclic amines) is 1. The molecule has 366 valence electrons. The van der Waals surface area contributed by atoms with Crippen molar-refractivity contribution in [1.29, 1.82) is 0 Å². The third-order valence-corrected chi connectivity index (χ3v) is 16.4. The van der Waals surface area contributed by atoms with Gasteiger partial charge < -0.3 is 20.3 Å². The number of nitrogens with one attached hydrogen (secondary N) is 2. The summed E-state index contributed by atoms with van der Waals surface area (Å²) in [6, 6.07) is 21.9. The number of hydrogen-bond acceptors (Lipinski definition) is 11. The maximum atomic E-state index is 14.5. The first kappa shape index (κ1) is 48.2. The first-order valence-corrected chi connectivity index (χ1v) is 26.3. The van der Waals surface area contributed by atoms with Crippen molar-refractivity contribution in [3.8, 4) is 32.3 Å². The monoisotopic (exact) mass is 1010 g/mol. The van der Waals surface area contributed by atoms with Crippen molar-refractivity contribution in [3.63, 3.8) is 0 Å². The first-order chi connectivity index (χ1) is 34.2. The van der Waals surface area contributed by atoms with Gasteiger partial charge in [0.2, 0.25) is 17.7 Å². The Morgan fingerprint density at radius 1 is 0.915 bits per heavy atom. The number of hydrogen-bond donors (Lipinski definition) is 2. The van der Waals surface area contributed by atoms with Gasteiger partial charge in [-0.3, -0.25) is 28.6 Å². The fraction of sp³-hybridized carbons (Fsp3) is 0.370. The summed E-state index contributed by atoms with van der Waals surface area (Å²) in [6.45, 7) is 15.1. The zero-order valence-electron chi connectivity index (χ0n) is 40.8. The summed E-state index contributed by atoms with van der Waals surface area (Å²) in [5, 5.41) is 21.7. The van der Waals surface area contributed by atoms with Gasteiger partial charge >= 0.3 is 0 Å². The lowest BCUT2D eigenvalue weighted by atomic mass is 9.89. The largest absolute Gasteiger partial charge is 0.490 e. The van der Waals surface area contributed by atoms with E-state index in [2.05, 4.69) is 63.3 Å². The molecular weight excluding hydrogens is 952 g/mol. The number of halogens is 1. The highest BCUT2D eigenvalue weighted by molar-refractivity contribution is 7.15. The SMILES string of the molecule is Cc1ncsc1-c1ccc(CNC(=O)[C@@H]2C[C@@H](C)CN2C(=O)[C@@H](C(C)C)n2cc(-c3cccc(OC4CC(NC(=O)C[C@@H]5N=C(c6ccc(Cl)cc6)c6c(sc(C)c6C)-n6c(C)nnc65)C4)c3)cn2)cc1. The molecule has 14 nitrogen and oxygen atoms in total. The molecule has 4 aromatic heterocycles. The van der Waals surface area contributed by atoms with Crippen LogP contribution in [0.5, 0.6) is 5.75 Å². The normalized spacial score (nSPS) is 19.9. The Morgan fingerprint density at radius 3 is 2.41 bits per heavy atom. The Labute approximate surface area is 426 Å². The Kier molecular flexibility index (Phi) is 13.5. The molecule has 4 atom stereocenters. The van der Waals surface area contributed by atoms with Gasteiger partial charge in [0.1, 0.15) is 40.8 Å². The lowest BCUT2D eigenvalue weighted by molar-refractivity contribution is -0.142. The number of fused-ring (bicyclic) bond motifs is 3. The fourth-order valence-corrected chi connectivity index (χ4v) is 12.2. The molecule has 2 N–H and O–H groups in total. The van der Waals surface area contributed by atoms with E-state index in [1.807, 2.05) is 100 Å². The average molecular weight is 1010 g/mol. The maximum absolute atomic E-state index is 14.5. The Bertz CT molecular complexity index is 3150. The minimum Gasteiger partial charge on any atom is -0.490 e. The zero-order chi connectivity index (χ0) is 49.7. The summed E-state index contributed by atoms with van der Waals surface area (Å²) in [7, 11) is 0. The van der Waals surface area contributed by atoms with E-state index in [4.69, 9.17) is 26.4 Å². The molecule has 71 heavy (non-hydrogen) atoms. The van der Waals surface area contributed by atoms with Crippen molar-refractivity contribution in [3.05, 3.63) is 140 Å². The minimum absolute atomic E-state index is 0.0445. The van der Waals surface area contributed by atoms with E-state index in [0.717, 1.165) is 66.1 Å². The highest BCUT2D eigenvalue weighted by Gasteiger charge is 2.42. The summed E-state index contributed by atoms with van der Waals surface area (Å²) in [4.78, 5) is 55.7. The van der Waals surface area contributed by atoms with E-state index in [0.29, 0.717) is 48.9 Å². The van der Waals surface area contributed by atoms with E-state index in [1.165, 1.54) is 4.88 Å². The van der Waals surface area contributed by atoms with Crippen LogP contribution in [-0.4, -0.2) is 82.6 Å². The van der Waals surface area contributed by atoms with Gasteiger partial charge in [0.15, 0.2) is 5.82 Å². The quantitative estimate of drug-likeness (QED) is 0.109. The molecule has 2 fully saturated rings. The number of nitrogens with zero attached hydrogens (tertiary/aromatic N) is 8. The zero-order valence-corrected chi connectivity index (χ0v) is 43.2. The molecule has 10 rings (SSSR count). The molecule has 7 aromatic rings. The van der Waals surface area contributed by atoms with Crippen LogP contribution in [0, 0.1) is 39.5 Å². The molecule has 17 heteroatoms. The van der Waals surface area contributed by atoms with Gasteiger partial charge in [0.25, 0.3) is 0 Å². The van der Waals surface area contributed by atoms with Crippen LogP contribution in [-0.2, 0) is 20.9 Å². The number of aliphatic imine (C=N–C) groups is 1. The lowest BCUT2D eigenvalue weighted by Crippen LogP contribution is -2.49. The number of carbonyl (C=O) groups is 3. The summed E-state index contributed by atoms with van der Waals surface area (Å²) in [5.41, 5.74) is 10.6. The van der Waals surface area contributed by atoms with E-state index < -0.39 is 18.1 Å². The van der Waals surface area contributed by atoms with Gasteiger partial charge in [-0.2, -0.15) is 5.10 Å². The highest BCUT2D eigenvalue weighted by Crippen LogP contribution is 2.40. The Hall–Kier alpha value is -6.49. The number of aromatic nitrogens is 6. The summed E-state index contributed by atoms with van der Waals surface area (Å²) >= 11 is 9.58. The number of ether oxygens (including phenoxy) is 1. The molecule has 0 bridgehead atoms. The molecule has 0 spiro atoms. The van der Waals surface area contributed by atoms with E-state index >= 15 is 0 Å². The number of benzene rings is 3. The number of thiazole rings is 1. The molecule has 3 amide bonds. The van der Waals surface area contributed by atoms with Crippen LogP contribution in [0.15, 0.2) is 95.7 Å². The first-order valence-electron chi connectivity index (χ1n) is 24.2. The molecule has 1 aliphatic carbocycles. The van der Waals surface area contributed by atoms with Crippen LogP contribution in [0.1, 0.15) is 103 Å². The fourth-order valence-electron chi connectivity index (χ4n) is 10.0. The van der Waals surface area contributed by atoms with Crippen LogP contribution in [0.2, 0.25) is 5.02 Å². The molecule has 3 aliphatic rings. The smallest absolute Gasteiger partial charge is 0.248 e. The number of rotatable bonds is 14. The maximum Gasteiger partial charge on any atom is 0.248 e. The van der Waals surface area contributed by atoms with Gasteiger partial charge in [0.05, 0.1) is 34.4 Å². The van der Waals surface area contributed by atoms with Crippen LogP contribution in [0.25, 0.3) is 26.6 Å². The highest BCUT2D eigenvalue weighted by atomic mass is 35.5. The molecule has 1 saturated carbocycles. The number of aryl methyl sites for hydroxylation is 3. The molecule has 0 unspecified atom stereocenters. The molecule has 3 aromatic carbocycles. The number of carbonyl (C=O) groups excluding carboxylic acids is 3. The second-order valence-electron chi connectivity index (χ2n) is 19.5. The molecular formula is C54H57ClN10O4S2. The standard InChI is InChI=1S/C54H57ClN10O4S2/c1-29(2)49(53(68)63-26-30(3)19-45(63)52(67)56-24-35-11-13-37(14-12-35)50-32(5)57-28-70-50)64-27-39(25-58-64)38-9-8-10-42(20-38)69-43-21-41(22-43)59-46(66)23-44-51-62-61-34(7)65(51)54-47(31(4)33(6)71-54)48(60-44)36-15-17-40(55)18-16-36/h8-18,20,25,27-30,41,43-45,49H,19,21-24,26H2,1-7H3,(H,56,67)(H,59,66)/t30-,41?,43?,44+,45+,49-/m1/s1. The van der Waals surface area contributed by atoms with E-state index in [9.17, 15) is 14.4 Å². The molecule has 6 heterocycles. The molecule has 0 radical (unpaired) electrons. The second kappa shape index (κ2) is 20.0. The van der Waals surface area contributed by atoms with Gasteiger partial charge in [-0.1, -0.05) is 80.9 Å². The lowest BCUT2D eigenvalue weighted by Gasteiger charge is -2.36. The summed E-state index contributed by atoms with van der Waals surface area (Å²) in [5.74, 6) is 1.81. The molecule has 1 saturated heterocycles. The average Bonchev–Trinajstić information content (AvgIpc) is 4.19. The van der Waals surface area contributed by atoms with Crippen molar-refractivity contribution in [1.82, 2.24) is 45.1 Å². The molecule has 2 aliphatic heterocycles. The van der Waals surface area contributed by atoms with E-state index in [1.54, 1.807) is 38.5 Å². The van der Waals surface area contributed by atoms with Gasteiger partial charge in [-0.25, -0.2) is 4.98 Å². The van der Waals surface area contributed by atoms with E-state index in [-0.39, 0.29) is 48.1 Å². The van der Waals surface area contributed by atoms with Gasteiger partial charge in [0, 0.05) is 64.8 Å². The van der Waals surface area contributed by atoms with Crippen LogP contribution < -0.4 is 15.4 Å². The predicted molar refractivity (Wildman–Crippen MR) is 278 cm³/mol. The Balaban J connectivity index is 0.757. The van der Waals surface area contributed by atoms with Crippen LogP contribution in [0.4, 0.5) is 0 Å². The van der Waals surface area contributed by atoms with Crippen molar-refractivity contribution < 1.29 is 19.1 Å². The van der Waals surface area contributed by atoms with Crippen LogP contribution in [0.3, 0.4) is 0 Å². The summed E-state index contributed by atoms with van der Waals surface area (Å²) < 4.78 is 10.2. The van der Waals surface area contributed by atoms with Crippen LogP contribution >= 0.6 is 34.3 Å². The third kappa shape index (κ3) is 9.81. The summed E-state index contributed by atoms with van der Waals surface area (Å²) in [6.07, 6.45) is 5.64. The number of amides is 3. The topological polar surface area (TPSA) is 162 Å². The predicted octanol–water partition coefficient (Wildman–Crippen LogP) is 9.96. The Morgan fingerprint density at radius 2 is 1.68 bits per heavy atom. The van der Waals surface area contributed by atoms with Crippen molar-refractivity contribution >= 4 is 57.7 Å².